The van der Waals surface area contributed by atoms with Crippen LogP contribution in [-0.2, 0) is 49.2 Å². The minimum absolute atomic E-state index is 0.250. The molecule has 2 N–H and O–H groups in total. The van der Waals surface area contributed by atoms with Crippen LogP contribution in [0.25, 0.3) is 0 Å². The topological polar surface area (TPSA) is 86.3 Å². The van der Waals surface area contributed by atoms with Gasteiger partial charge in [-0.15, -0.1) is 0 Å². The Morgan fingerprint density at radius 1 is 0.667 bits per heavy atom. The Bertz CT molecular complexity index is 1420. The molecule has 4 aromatic carbocycles. The van der Waals surface area contributed by atoms with Crippen molar-refractivity contribution < 1.29 is 28.8 Å². The summed E-state index contributed by atoms with van der Waals surface area (Å²) in [4.78, 5) is 12.9. The second-order valence-electron chi connectivity index (χ2n) is 10.7. The number of benzene rings is 4. The van der Waals surface area contributed by atoms with Crippen molar-refractivity contribution in [1.82, 2.24) is 5.32 Å². The molecule has 7 heteroatoms. The zero-order valence-electron chi connectivity index (χ0n) is 23.3. The molecule has 0 saturated carbocycles. The molecular weight excluding hydrogens is 530 g/mol. The summed E-state index contributed by atoms with van der Waals surface area (Å²) in [5.74, 6) is -0.463. The van der Waals surface area contributed by atoms with Gasteiger partial charge in [-0.3, -0.25) is 4.79 Å². The molecule has 0 radical (unpaired) electrons. The van der Waals surface area contributed by atoms with Crippen LogP contribution in [0, 0.1) is 0 Å². The largest absolute Gasteiger partial charge is 0.374 e. The molecule has 1 amide bonds. The minimum atomic E-state index is -1.76. The molecule has 6 rings (SSSR count). The molecule has 0 bridgehead atoms. The lowest BCUT2D eigenvalue weighted by molar-refractivity contribution is -0.182. The highest BCUT2D eigenvalue weighted by Crippen LogP contribution is 2.41. The number of hydrogen-bond acceptors (Lipinski definition) is 6. The smallest absolute Gasteiger partial charge is 0.259 e. The van der Waals surface area contributed by atoms with Crippen molar-refractivity contribution in [1.29, 1.82) is 0 Å². The standard InChI is InChI=1S/C35H35NO6/c37-34-35(38,28-19-11-4-12-20-28)33(36-34)32-31(41-23-27-17-9-3-10-18-27)30(40-22-26-15-7-2-8-16-26)29(42-32)24-39-21-25-13-5-1-6-14-25/h1-20,29-33,38H,21-24H2,(H,36,37)/t29-,30-,31+,32+,33-,35-/m1/s1. The fourth-order valence-electron chi connectivity index (χ4n) is 5.69. The summed E-state index contributed by atoms with van der Waals surface area (Å²) < 4.78 is 25.8. The van der Waals surface area contributed by atoms with Crippen LogP contribution in [0.3, 0.4) is 0 Å². The Balaban J connectivity index is 1.28. The van der Waals surface area contributed by atoms with Gasteiger partial charge in [0.15, 0.2) is 5.60 Å². The summed E-state index contributed by atoms with van der Waals surface area (Å²) in [6, 6.07) is 38.0. The van der Waals surface area contributed by atoms with Crippen molar-refractivity contribution in [2.45, 2.75) is 55.9 Å². The lowest BCUT2D eigenvalue weighted by Gasteiger charge is -2.48. The number of rotatable bonds is 12. The Morgan fingerprint density at radius 2 is 1.14 bits per heavy atom. The molecule has 0 aromatic heterocycles. The number of ether oxygens (including phenoxy) is 4. The number of aliphatic hydroxyl groups is 1. The van der Waals surface area contributed by atoms with Crippen molar-refractivity contribution in [2.75, 3.05) is 6.61 Å². The van der Waals surface area contributed by atoms with E-state index in [4.69, 9.17) is 18.9 Å². The molecule has 42 heavy (non-hydrogen) atoms. The van der Waals surface area contributed by atoms with Crippen LogP contribution < -0.4 is 5.32 Å². The summed E-state index contributed by atoms with van der Waals surface area (Å²) in [6.45, 7) is 1.33. The molecule has 2 heterocycles. The number of hydrogen-bond donors (Lipinski definition) is 2. The maximum Gasteiger partial charge on any atom is 0.259 e. The van der Waals surface area contributed by atoms with E-state index in [9.17, 15) is 9.90 Å². The molecule has 2 aliphatic rings. The van der Waals surface area contributed by atoms with Gasteiger partial charge in [-0.25, -0.2) is 0 Å². The van der Waals surface area contributed by atoms with Crippen molar-refractivity contribution in [3.8, 4) is 0 Å². The lowest BCUT2D eigenvalue weighted by atomic mass is 9.75. The third-order valence-corrected chi connectivity index (χ3v) is 7.94. The van der Waals surface area contributed by atoms with Crippen LogP contribution in [0.2, 0.25) is 0 Å². The van der Waals surface area contributed by atoms with Gasteiger partial charge in [0, 0.05) is 0 Å². The van der Waals surface area contributed by atoms with Crippen molar-refractivity contribution in [3.63, 3.8) is 0 Å². The van der Waals surface area contributed by atoms with E-state index in [0.717, 1.165) is 16.7 Å². The van der Waals surface area contributed by atoms with E-state index in [1.54, 1.807) is 24.3 Å². The summed E-state index contributed by atoms with van der Waals surface area (Å²) in [5, 5.41) is 14.7. The Hall–Kier alpha value is -3.85. The van der Waals surface area contributed by atoms with E-state index < -0.39 is 42.0 Å². The van der Waals surface area contributed by atoms with Crippen molar-refractivity contribution in [2.24, 2.45) is 0 Å². The SMILES string of the molecule is O=C1N[C@H]([C@H]2O[C@H](COCc3ccccc3)[C@@H](OCc3ccccc3)[C@@H]2OCc2ccccc2)[C@]1(O)c1ccccc1. The molecule has 0 spiro atoms. The third kappa shape index (κ3) is 6.02. The Kier molecular flexibility index (Phi) is 8.74. The maximum absolute atomic E-state index is 12.9. The van der Waals surface area contributed by atoms with Gasteiger partial charge in [-0.1, -0.05) is 121 Å². The molecule has 7 nitrogen and oxygen atoms in total. The second-order valence-corrected chi connectivity index (χ2v) is 10.7. The van der Waals surface area contributed by atoms with E-state index >= 15 is 0 Å². The fraction of sp³-hybridized carbons (Fsp3) is 0.286. The first-order valence-electron chi connectivity index (χ1n) is 14.3. The van der Waals surface area contributed by atoms with Crippen molar-refractivity contribution in [3.05, 3.63) is 144 Å². The molecule has 4 aromatic rings. The average molecular weight is 566 g/mol. The van der Waals surface area contributed by atoms with Crippen LogP contribution in [-0.4, -0.2) is 48.1 Å². The van der Waals surface area contributed by atoms with Gasteiger partial charge in [0.05, 0.1) is 32.5 Å². The molecule has 2 fully saturated rings. The van der Waals surface area contributed by atoms with Gasteiger partial charge >= 0.3 is 0 Å². The van der Waals surface area contributed by atoms with Gasteiger partial charge in [-0.05, 0) is 22.3 Å². The zero-order valence-corrected chi connectivity index (χ0v) is 23.3. The molecule has 6 atom stereocenters. The zero-order chi connectivity index (χ0) is 28.8. The van der Waals surface area contributed by atoms with Crippen LogP contribution in [0.5, 0.6) is 0 Å². The predicted octanol–water partition coefficient (Wildman–Crippen LogP) is 4.53. The minimum Gasteiger partial charge on any atom is -0.374 e. The quantitative estimate of drug-likeness (QED) is 0.246. The van der Waals surface area contributed by atoms with Crippen LogP contribution >= 0.6 is 0 Å². The van der Waals surface area contributed by atoms with Gasteiger partial charge in [0.1, 0.15) is 24.4 Å². The van der Waals surface area contributed by atoms with Crippen LogP contribution in [0.1, 0.15) is 22.3 Å². The molecular formula is C35H35NO6. The number of nitrogens with one attached hydrogen (secondary N) is 1. The molecule has 0 aliphatic carbocycles. The molecule has 0 unspecified atom stereocenters. The van der Waals surface area contributed by atoms with Crippen LogP contribution in [0.4, 0.5) is 0 Å². The van der Waals surface area contributed by atoms with Gasteiger partial charge in [0.25, 0.3) is 5.91 Å². The summed E-state index contributed by atoms with van der Waals surface area (Å²) in [5.41, 5.74) is 1.82. The number of amides is 1. The molecule has 2 saturated heterocycles. The highest BCUT2D eigenvalue weighted by Gasteiger charge is 2.64. The number of β-lactam (4-membered cyclic amide) rings is 1. The van der Waals surface area contributed by atoms with Crippen molar-refractivity contribution >= 4 is 5.91 Å². The normalized spacial score (nSPS) is 26.9. The molecule has 216 valence electrons. The van der Waals surface area contributed by atoms with E-state index in [0.29, 0.717) is 25.4 Å². The monoisotopic (exact) mass is 565 g/mol. The second kappa shape index (κ2) is 13.0. The molecule has 2 aliphatic heterocycles. The first-order valence-corrected chi connectivity index (χ1v) is 14.3. The average Bonchev–Trinajstić information content (AvgIpc) is 3.39. The van der Waals surface area contributed by atoms with E-state index in [2.05, 4.69) is 5.32 Å². The lowest BCUT2D eigenvalue weighted by Crippen LogP contribution is -2.75. The van der Waals surface area contributed by atoms with E-state index in [-0.39, 0.29) is 6.61 Å². The highest BCUT2D eigenvalue weighted by atomic mass is 16.6. The summed E-state index contributed by atoms with van der Waals surface area (Å²) in [7, 11) is 0. The Labute approximate surface area is 246 Å². The fourth-order valence-corrected chi connectivity index (χ4v) is 5.69. The van der Waals surface area contributed by atoms with Crippen LogP contribution in [0.15, 0.2) is 121 Å². The maximum atomic E-state index is 12.9. The first-order chi connectivity index (χ1) is 20.6. The van der Waals surface area contributed by atoms with Gasteiger partial charge < -0.3 is 29.4 Å². The summed E-state index contributed by atoms with van der Waals surface area (Å²) >= 11 is 0. The van der Waals surface area contributed by atoms with Gasteiger partial charge in [0.2, 0.25) is 0 Å². The number of carbonyl (C=O) groups excluding carboxylic acids is 1. The summed E-state index contributed by atoms with van der Waals surface area (Å²) in [6.07, 6.45) is -2.31. The predicted molar refractivity (Wildman–Crippen MR) is 157 cm³/mol. The number of carbonyl (C=O) groups is 1. The third-order valence-electron chi connectivity index (χ3n) is 7.94. The highest BCUT2D eigenvalue weighted by molar-refractivity contribution is 5.94. The van der Waals surface area contributed by atoms with Gasteiger partial charge in [-0.2, -0.15) is 0 Å². The van der Waals surface area contributed by atoms with E-state index in [1.165, 1.54) is 0 Å². The Morgan fingerprint density at radius 3 is 1.67 bits per heavy atom. The van der Waals surface area contributed by atoms with E-state index in [1.807, 2.05) is 97.1 Å². The first kappa shape index (κ1) is 28.3.